The van der Waals surface area contributed by atoms with Crippen LogP contribution >= 0.6 is 0 Å². The predicted octanol–water partition coefficient (Wildman–Crippen LogP) is 3.05. The summed E-state index contributed by atoms with van der Waals surface area (Å²) in [6, 6.07) is 13.9. The fourth-order valence-electron chi connectivity index (χ4n) is 1.98. The summed E-state index contributed by atoms with van der Waals surface area (Å²) in [5.74, 6) is -0.609. The lowest BCUT2D eigenvalue weighted by Crippen LogP contribution is -2.13. The van der Waals surface area contributed by atoms with Crippen molar-refractivity contribution in [3.05, 3.63) is 65.2 Å². The largest absolute Gasteiger partial charge is 0.460 e. The molecule has 2 rings (SSSR count). The van der Waals surface area contributed by atoms with Crippen LogP contribution < -0.4 is 5.32 Å². The second-order valence-corrected chi connectivity index (χ2v) is 5.03. The summed E-state index contributed by atoms with van der Waals surface area (Å²) in [4.78, 5) is 23.9. The van der Waals surface area contributed by atoms with Crippen molar-refractivity contribution >= 4 is 17.6 Å². The molecular weight excluding hydrogens is 294 g/mol. The van der Waals surface area contributed by atoms with E-state index in [1.165, 1.54) is 0 Å². The minimum Gasteiger partial charge on any atom is -0.460 e. The molecule has 1 N–H and O–H groups in total. The molecule has 0 aliphatic rings. The molecule has 0 saturated carbocycles. The highest BCUT2D eigenvalue weighted by Gasteiger charge is 2.09. The van der Waals surface area contributed by atoms with Gasteiger partial charge in [-0.05, 0) is 43.3 Å². The summed E-state index contributed by atoms with van der Waals surface area (Å²) in [5.41, 5.74) is 2.65. The zero-order valence-electron chi connectivity index (χ0n) is 13.2. The number of benzene rings is 2. The third-order valence-electron chi connectivity index (χ3n) is 3.18. The zero-order chi connectivity index (χ0) is 16.7. The Hall–Kier alpha value is -2.66. The normalized spacial score (nSPS) is 10.2. The number of amides is 1. The Kier molecular flexibility index (Phi) is 5.88. The molecule has 0 aliphatic heterocycles. The van der Waals surface area contributed by atoms with E-state index in [-0.39, 0.29) is 12.5 Å². The van der Waals surface area contributed by atoms with E-state index in [0.717, 1.165) is 5.56 Å². The van der Waals surface area contributed by atoms with Crippen LogP contribution in [0.3, 0.4) is 0 Å². The molecule has 5 nitrogen and oxygen atoms in total. The van der Waals surface area contributed by atoms with Gasteiger partial charge >= 0.3 is 5.97 Å². The molecule has 0 radical (unpaired) electrons. The highest BCUT2D eigenvalue weighted by molar-refractivity contribution is 6.04. The molecule has 2 aromatic carbocycles. The second kappa shape index (κ2) is 8.10. The molecule has 0 spiro atoms. The minimum atomic E-state index is -0.418. The van der Waals surface area contributed by atoms with Crippen LogP contribution in [-0.2, 0) is 9.47 Å². The van der Waals surface area contributed by atoms with Gasteiger partial charge in [-0.1, -0.05) is 17.7 Å². The number of carbonyl (C=O) groups is 2. The summed E-state index contributed by atoms with van der Waals surface area (Å²) >= 11 is 0. The number of hydrogen-bond donors (Lipinski definition) is 1. The average molecular weight is 313 g/mol. The molecule has 0 bridgehead atoms. The first-order chi connectivity index (χ1) is 11.1. The van der Waals surface area contributed by atoms with E-state index in [9.17, 15) is 9.59 Å². The first-order valence-corrected chi connectivity index (χ1v) is 7.24. The van der Waals surface area contributed by atoms with Crippen LogP contribution in [0.4, 0.5) is 5.69 Å². The van der Waals surface area contributed by atoms with E-state index in [1.807, 2.05) is 25.1 Å². The summed E-state index contributed by atoms with van der Waals surface area (Å²) < 4.78 is 9.84. The number of rotatable bonds is 6. The first-order valence-electron chi connectivity index (χ1n) is 7.24. The molecule has 0 aromatic heterocycles. The van der Waals surface area contributed by atoms with Gasteiger partial charge in [0, 0.05) is 18.4 Å². The quantitative estimate of drug-likeness (QED) is 0.657. The molecule has 1 amide bonds. The maximum absolute atomic E-state index is 12.1. The monoisotopic (exact) mass is 313 g/mol. The lowest BCUT2D eigenvalue weighted by molar-refractivity contribution is 0.0388. The maximum Gasteiger partial charge on any atom is 0.338 e. The van der Waals surface area contributed by atoms with Gasteiger partial charge in [0.15, 0.2) is 0 Å². The Morgan fingerprint density at radius 3 is 2.39 bits per heavy atom. The number of anilines is 1. The predicted molar refractivity (Wildman–Crippen MR) is 87.7 cm³/mol. The van der Waals surface area contributed by atoms with E-state index in [4.69, 9.17) is 9.47 Å². The lowest BCUT2D eigenvalue weighted by atomic mass is 10.1. The van der Waals surface area contributed by atoms with E-state index in [1.54, 1.807) is 37.4 Å². The van der Waals surface area contributed by atoms with Gasteiger partial charge in [-0.3, -0.25) is 4.79 Å². The number of aryl methyl sites for hydroxylation is 1. The van der Waals surface area contributed by atoms with Crippen molar-refractivity contribution in [1.82, 2.24) is 0 Å². The van der Waals surface area contributed by atoms with Gasteiger partial charge in [0.1, 0.15) is 6.61 Å². The number of ether oxygens (including phenoxy) is 2. The standard InChI is InChI=1S/C18H19NO4/c1-13-4-3-5-15(12-13)17(20)19-16-8-6-14(7-9-16)18(21)23-11-10-22-2/h3-9,12H,10-11H2,1-2H3,(H,19,20). The molecule has 120 valence electrons. The van der Waals surface area contributed by atoms with Crippen LogP contribution in [0, 0.1) is 6.92 Å². The molecule has 5 heteroatoms. The number of esters is 1. The fourth-order valence-corrected chi connectivity index (χ4v) is 1.98. The van der Waals surface area contributed by atoms with Crippen LogP contribution in [0.25, 0.3) is 0 Å². The number of hydrogen-bond acceptors (Lipinski definition) is 4. The smallest absolute Gasteiger partial charge is 0.338 e. The fraction of sp³-hybridized carbons (Fsp3) is 0.222. The molecule has 23 heavy (non-hydrogen) atoms. The molecule has 0 fully saturated rings. The summed E-state index contributed by atoms with van der Waals surface area (Å²) in [6.07, 6.45) is 0. The van der Waals surface area contributed by atoms with Gasteiger partial charge in [0.05, 0.1) is 12.2 Å². The van der Waals surface area contributed by atoms with Crippen LogP contribution in [0.15, 0.2) is 48.5 Å². The van der Waals surface area contributed by atoms with Crippen LogP contribution in [-0.4, -0.2) is 32.2 Å². The minimum absolute atomic E-state index is 0.191. The SMILES string of the molecule is COCCOC(=O)c1ccc(NC(=O)c2cccc(C)c2)cc1. The highest BCUT2D eigenvalue weighted by atomic mass is 16.6. The topological polar surface area (TPSA) is 64.6 Å². The van der Waals surface area contributed by atoms with Gasteiger partial charge in [0.25, 0.3) is 5.91 Å². The second-order valence-electron chi connectivity index (χ2n) is 5.03. The van der Waals surface area contributed by atoms with Gasteiger partial charge < -0.3 is 14.8 Å². The first kappa shape index (κ1) is 16.7. The zero-order valence-corrected chi connectivity index (χ0v) is 13.2. The Bertz CT molecular complexity index is 680. The Balaban J connectivity index is 1.97. The lowest BCUT2D eigenvalue weighted by Gasteiger charge is -2.07. The van der Waals surface area contributed by atoms with Crippen molar-refractivity contribution in [2.45, 2.75) is 6.92 Å². The van der Waals surface area contributed by atoms with Crippen molar-refractivity contribution in [2.75, 3.05) is 25.6 Å². The van der Waals surface area contributed by atoms with E-state index < -0.39 is 5.97 Å². The van der Waals surface area contributed by atoms with Crippen molar-refractivity contribution in [3.63, 3.8) is 0 Å². The Morgan fingerprint density at radius 1 is 1.00 bits per heavy atom. The van der Waals surface area contributed by atoms with Crippen LogP contribution in [0.1, 0.15) is 26.3 Å². The van der Waals surface area contributed by atoms with Crippen LogP contribution in [0.2, 0.25) is 0 Å². The van der Waals surface area contributed by atoms with Crippen molar-refractivity contribution in [2.24, 2.45) is 0 Å². The van der Waals surface area contributed by atoms with Crippen molar-refractivity contribution < 1.29 is 19.1 Å². The molecule has 0 atom stereocenters. The van der Waals surface area contributed by atoms with Crippen molar-refractivity contribution in [1.29, 1.82) is 0 Å². The molecule has 0 unspecified atom stereocenters. The molecule has 2 aromatic rings. The summed E-state index contributed by atoms with van der Waals surface area (Å²) in [5, 5.41) is 2.79. The average Bonchev–Trinajstić information content (AvgIpc) is 2.55. The Morgan fingerprint density at radius 2 is 1.74 bits per heavy atom. The number of nitrogens with one attached hydrogen (secondary N) is 1. The van der Waals surface area contributed by atoms with Gasteiger partial charge in [0.2, 0.25) is 0 Å². The van der Waals surface area contributed by atoms with E-state index in [0.29, 0.717) is 23.4 Å². The summed E-state index contributed by atoms with van der Waals surface area (Å²) in [7, 11) is 1.54. The third-order valence-corrected chi connectivity index (χ3v) is 3.18. The molecule has 0 heterocycles. The third kappa shape index (κ3) is 4.93. The molecule has 0 saturated heterocycles. The van der Waals surface area contributed by atoms with E-state index in [2.05, 4.69) is 5.32 Å². The molecule has 0 aliphatic carbocycles. The summed E-state index contributed by atoms with van der Waals surface area (Å²) in [6.45, 7) is 2.50. The van der Waals surface area contributed by atoms with Crippen molar-refractivity contribution in [3.8, 4) is 0 Å². The molecular formula is C18H19NO4. The highest BCUT2D eigenvalue weighted by Crippen LogP contribution is 2.13. The number of methoxy groups -OCH3 is 1. The Labute approximate surface area is 135 Å². The van der Waals surface area contributed by atoms with Crippen LogP contribution in [0.5, 0.6) is 0 Å². The number of carbonyl (C=O) groups excluding carboxylic acids is 2. The van der Waals surface area contributed by atoms with Gasteiger partial charge in [-0.25, -0.2) is 4.79 Å². The maximum atomic E-state index is 12.1. The van der Waals surface area contributed by atoms with Gasteiger partial charge in [-0.15, -0.1) is 0 Å². The van der Waals surface area contributed by atoms with Gasteiger partial charge in [-0.2, -0.15) is 0 Å². The van der Waals surface area contributed by atoms with E-state index >= 15 is 0 Å².